The molecule has 19 heavy (non-hydrogen) atoms. The van der Waals surface area contributed by atoms with Gasteiger partial charge in [0.1, 0.15) is 11.3 Å². The molecule has 3 N–H and O–H groups in total. The normalized spacial score (nSPS) is 11.6. The van der Waals surface area contributed by atoms with Crippen molar-refractivity contribution in [3.63, 3.8) is 0 Å². The van der Waals surface area contributed by atoms with Gasteiger partial charge >= 0.3 is 0 Å². The van der Waals surface area contributed by atoms with Crippen LogP contribution in [-0.2, 0) is 0 Å². The Morgan fingerprint density at radius 1 is 0.895 bits per heavy atom. The van der Waals surface area contributed by atoms with Crippen LogP contribution >= 0.6 is 0 Å². The summed E-state index contributed by atoms with van der Waals surface area (Å²) in [7, 11) is 0. The molecule has 0 bridgehead atoms. The van der Waals surface area contributed by atoms with Gasteiger partial charge in [0.25, 0.3) is 5.56 Å². The number of benzene rings is 3. The van der Waals surface area contributed by atoms with E-state index < -0.39 is 0 Å². The molecule has 0 atom stereocenters. The van der Waals surface area contributed by atoms with Crippen molar-refractivity contribution in [3.8, 4) is 5.75 Å². The summed E-state index contributed by atoms with van der Waals surface area (Å²) in [6.45, 7) is 0. The van der Waals surface area contributed by atoms with Gasteiger partial charge < -0.3 is 5.11 Å². The van der Waals surface area contributed by atoms with Crippen LogP contribution in [0.3, 0.4) is 0 Å². The minimum atomic E-state index is -0.216. The molecule has 4 aromatic rings. The van der Waals surface area contributed by atoms with Crippen LogP contribution < -0.4 is 5.56 Å². The lowest BCUT2D eigenvalue weighted by molar-refractivity contribution is 0.481. The van der Waals surface area contributed by atoms with Gasteiger partial charge in [-0.15, -0.1) is 0 Å². The summed E-state index contributed by atoms with van der Waals surface area (Å²) in [5.74, 6) is 0.0798. The van der Waals surface area contributed by atoms with E-state index in [1.165, 1.54) is 0 Å². The quantitative estimate of drug-likeness (QED) is 0.420. The number of aromatic hydroxyl groups is 1. The molecule has 0 aliphatic heterocycles. The lowest BCUT2D eigenvalue weighted by Crippen LogP contribution is -1.98. The second kappa shape index (κ2) is 3.38. The van der Waals surface area contributed by atoms with Crippen LogP contribution in [0.2, 0.25) is 0 Å². The van der Waals surface area contributed by atoms with Crippen molar-refractivity contribution in [2.75, 3.05) is 0 Å². The highest BCUT2D eigenvalue weighted by molar-refractivity contribution is 6.12. The van der Waals surface area contributed by atoms with Crippen LogP contribution in [0.25, 0.3) is 32.4 Å². The zero-order valence-corrected chi connectivity index (χ0v) is 9.90. The van der Waals surface area contributed by atoms with Gasteiger partial charge in [0.05, 0.1) is 5.39 Å². The van der Waals surface area contributed by atoms with Crippen molar-refractivity contribution in [1.82, 2.24) is 10.2 Å². The van der Waals surface area contributed by atoms with Gasteiger partial charge in [0.15, 0.2) is 0 Å². The van der Waals surface area contributed by atoms with E-state index in [0.29, 0.717) is 10.9 Å². The van der Waals surface area contributed by atoms with Gasteiger partial charge in [-0.05, 0) is 39.7 Å². The van der Waals surface area contributed by atoms with E-state index in [4.69, 9.17) is 0 Å². The summed E-state index contributed by atoms with van der Waals surface area (Å²) in [6, 6.07) is 13.6. The Bertz CT molecular complexity index is 995. The molecule has 0 aliphatic rings. The fourth-order valence-electron chi connectivity index (χ4n) is 2.62. The number of rotatable bonds is 0. The van der Waals surface area contributed by atoms with Gasteiger partial charge in [-0.1, -0.05) is 24.3 Å². The Morgan fingerprint density at radius 3 is 2.42 bits per heavy atom. The van der Waals surface area contributed by atoms with E-state index in [2.05, 4.69) is 10.2 Å². The first kappa shape index (κ1) is 10.2. The number of phenolic OH excluding ortho intramolecular Hbond substituents is 1. The predicted molar refractivity (Wildman–Crippen MR) is 75.6 cm³/mol. The molecular weight excluding hydrogens is 240 g/mol. The molecule has 1 heterocycles. The van der Waals surface area contributed by atoms with Crippen molar-refractivity contribution < 1.29 is 5.11 Å². The third-order valence-corrected chi connectivity index (χ3v) is 3.51. The zero-order valence-electron chi connectivity index (χ0n) is 9.90. The molecule has 4 heteroatoms. The highest BCUT2D eigenvalue weighted by Crippen LogP contribution is 2.32. The van der Waals surface area contributed by atoms with Gasteiger partial charge in [-0.3, -0.25) is 15.0 Å². The lowest BCUT2D eigenvalue weighted by atomic mass is 10.0. The number of hydrogen-bond donors (Lipinski definition) is 3. The molecule has 0 amide bonds. The van der Waals surface area contributed by atoms with Gasteiger partial charge in [0, 0.05) is 0 Å². The maximum atomic E-state index is 11.9. The topological polar surface area (TPSA) is 68.9 Å². The highest BCUT2D eigenvalue weighted by atomic mass is 16.3. The molecule has 0 radical (unpaired) electrons. The molecule has 0 saturated heterocycles. The first-order valence-corrected chi connectivity index (χ1v) is 5.99. The molecule has 4 rings (SSSR count). The molecule has 0 aliphatic carbocycles. The van der Waals surface area contributed by atoms with Crippen molar-refractivity contribution in [2.24, 2.45) is 0 Å². The third-order valence-electron chi connectivity index (χ3n) is 3.51. The molecule has 0 fully saturated rings. The van der Waals surface area contributed by atoms with E-state index in [1.54, 1.807) is 6.07 Å². The number of aromatic amines is 2. The summed E-state index contributed by atoms with van der Waals surface area (Å²) in [5.41, 5.74) is 0.235. The monoisotopic (exact) mass is 250 g/mol. The van der Waals surface area contributed by atoms with Gasteiger partial charge in [0.2, 0.25) is 0 Å². The average Bonchev–Trinajstić information content (AvgIpc) is 2.80. The number of fused-ring (bicyclic) bond motifs is 4. The summed E-state index contributed by atoms with van der Waals surface area (Å²) in [5, 5.41) is 19.5. The maximum absolute atomic E-state index is 11.9. The van der Waals surface area contributed by atoms with Crippen LogP contribution in [0.4, 0.5) is 0 Å². The van der Waals surface area contributed by atoms with Crippen LogP contribution in [0.15, 0.2) is 47.3 Å². The maximum Gasteiger partial charge on any atom is 0.272 e. The van der Waals surface area contributed by atoms with Crippen LogP contribution in [0.1, 0.15) is 0 Å². The summed E-state index contributed by atoms with van der Waals surface area (Å²) < 4.78 is 0. The fourth-order valence-corrected chi connectivity index (χ4v) is 2.62. The lowest BCUT2D eigenvalue weighted by Gasteiger charge is -2.04. The molecule has 1 aromatic heterocycles. The summed E-state index contributed by atoms with van der Waals surface area (Å²) in [6.07, 6.45) is 0. The van der Waals surface area contributed by atoms with Crippen LogP contribution in [0, 0.1) is 0 Å². The Kier molecular flexibility index (Phi) is 1.82. The van der Waals surface area contributed by atoms with E-state index in [-0.39, 0.29) is 11.3 Å². The molecular formula is C15H10N2O2. The van der Waals surface area contributed by atoms with Crippen LogP contribution in [-0.4, -0.2) is 15.3 Å². The standard InChI is InChI=1S/C15H10N2O2/c18-12-7-10-5-8-3-1-2-4-9(8)6-11(10)13-14(12)16-17-15(13)19/h1-7,18H,(H2,16,17,19). The Morgan fingerprint density at radius 2 is 1.63 bits per heavy atom. The number of H-pyrrole nitrogens is 2. The Balaban J connectivity index is 2.35. The molecule has 4 nitrogen and oxygen atoms in total. The third kappa shape index (κ3) is 1.31. The van der Waals surface area contributed by atoms with Crippen molar-refractivity contribution in [2.45, 2.75) is 0 Å². The van der Waals surface area contributed by atoms with Crippen molar-refractivity contribution in [1.29, 1.82) is 0 Å². The SMILES string of the molecule is O=c1[nH][nH]c2c(O)cc3cc4ccccc4cc3c12. The highest BCUT2D eigenvalue weighted by Gasteiger charge is 2.11. The predicted octanol–water partition coefficient (Wildman–Crippen LogP) is 2.87. The minimum absolute atomic E-state index is 0.0798. The molecule has 0 unspecified atom stereocenters. The molecule has 92 valence electrons. The summed E-state index contributed by atoms with van der Waals surface area (Å²) in [4.78, 5) is 11.9. The molecule has 3 aromatic carbocycles. The molecule has 0 saturated carbocycles. The smallest absolute Gasteiger partial charge is 0.272 e. The number of nitrogens with one attached hydrogen (secondary N) is 2. The first-order valence-electron chi connectivity index (χ1n) is 5.99. The van der Waals surface area contributed by atoms with Crippen molar-refractivity contribution >= 4 is 32.4 Å². The average molecular weight is 250 g/mol. The number of aromatic nitrogens is 2. The van der Waals surface area contributed by atoms with Crippen molar-refractivity contribution in [3.05, 3.63) is 52.8 Å². The molecule has 0 spiro atoms. The fraction of sp³-hybridized carbons (Fsp3) is 0. The number of phenols is 1. The van der Waals surface area contributed by atoms with E-state index in [1.807, 2.05) is 36.4 Å². The number of hydrogen-bond acceptors (Lipinski definition) is 2. The van der Waals surface area contributed by atoms with E-state index in [0.717, 1.165) is 21.5 Å². The van der Waals surface area contributed by atoms with E-state index >= 15 is 0 Å². The zero-order chi connectivity index (χ0) is 13.0. The summed E-state index contributed by atoms with van der Waals surface area (Å²) >= 11 is 0. The second-order valence-electron chi connectivity index (χ2n) is 4.65. The largest absolute Gasteiger partial charge is 0.506 e. The first-order chi connectivity index (χ1) is 9.24. The second-order valence-corrected chi connectivity index (χ2v) is 4.65. The Labute approximate surface area is 107 Å². The van der Waals surface area contributed by atoms with Gasteiger partial charge in [-0.25, -0.2) is 0 Å². The Hall–Kier alpha value is -2.75. The minimum Gasteiger partial charge on any atom is -0.506 e. The van der Waals surface area contributed by atoms with E-state index in [9.17, 15) is 9.90 Å². The van der Waals surface area contributed by atoms with Gasteiger partial charge in [-0.2, -0.15) is 0 Å². The van der Waals surface area contributed by atoms with Crippen LogP contribution in [0.5, 0.6) is 5.75 Å².